The molecule has 0 aliphatic carbocycles. The Balaban J connectivity index is 1.98. The van der Waals surface area contributed by atoms with Crippen LogP contribution in [-0.4, -0.2) is 22.6 Å². The van der Waals surface area contributed by atoms with Gasteiger partial charge in [-0.2, -0.15) is 0 Å². The second-order valence-corrected chi connectivity index (χ2v) is 6.22. The van der Waals surface area contributed by atoms with Gasteiger partial charge in [-0.1, -0.05) is 0 Å². The van der Waals surface area contributed by atoms with Crippen molar-refractivity contribution in [3.8, 4) is 5.69 Å². The molecule has 0 saturated heterocycles. The minimum Gasteiger partial charge on any atom is -0.376 e. The molecule has 0 spiro atoms. The molecule has 0 unspecified atom stereocenters. The lowest BCUT2D eigenvalue weighted by Crippen LogP contribution is -2.07. The molecule has 0 radical (unpaired) electrons. The Labute approximate surface area is 140 Å². The number of hydrogen-bond acceptors (Lipinski definition) is 3. The zero-order valence-electron chi connectivity index (χ0n) is 14.0. The molecule has 0 saturated carbocycles. The number of nitrogens with zero attached hydrogens (tertiary/aromatic N) is 2. The third-order valence-corrected chi connectivity index (χ3v) is 4.64. The number of nitrogens with one attached hydrogen (secondary N) is 1. The van der Waals surface area contributed by atoms with Gasteiger partial charge in [0.05, 0.1) is 18.2 Å². The van der Waals surface area contributed by atoms with Gasteiger partial charge in [-0.05, 0) is 55.3 Å². The highest BCUT2D eigenvalue weighted by Crippen LogP contribution is 2.33. The predicted molar refractivity (Wildman–Crippen MR) is 93.6 cm³/mol. The number of carbonyl (C=O) groups excluding carboxylic acids is 1. The molecule has 3 heterocycles. The van der Waals surface area contributed by atoms with Gasteiger partial charge < -0.3 is 10.1 Å². The molecule has 1 amide bonds. The number of amides is 1. The minimum atomic E-state index is -0.0625. The van der Waals surface area contributed by atoms with Crippen LogP contribution in [-0.2, 0) is 16.0 Å². The molecule has 122 valence electrons. The molecule has 1 aliphatic rings. The Morgan fingerprint density at radius 1 is 1.33 bits per heavy atom. The molecule has 3 aromatic rings. The Morgan fingerprint density at radius 3 is 2.96 bits per heavy atom. The number of pyridine rings is 1. The largest absolute Gasteiger partial charge is 0.376 e. The molecule has 1 aliphatic heterocycles. The number of aryl methyl sites for hydroxylation is 1. The number of ether oxygens (including phenoxy) is 1. The van der Waals surface area contributed by atoms with Gasteiger partial charge >= 0.3 is 0 Å². The van der Waals surface area contributed by atoms with Crippen molar-refractivity contribution >= 4 is 22.6 Å². The molecular weight excluding hydrogens is 302 g/mol. The van der Waals surface area contributed by atoms with Gasteiger partial charge in [0.2, 0.25) is 5.91 Å². The van der Waals surface area contributed by atoms with E-state index in [1.165, 1.54) is 0 Å². The number of aromatic nitrogens is 2. The zero-order valence-corrected chi connectivity index (χ0v) is 14.0. The minimum absolute atomic E-state index is 0.0474. The second-order valence-electron chi connectivity index (χ2n) is 6.22. The van der Waals surface area contributed by atoms with Crippen LogP contribution in [0.5, 0.6) is 0 Å². The Kier molecular flexibility index (Phi) is 3.39. The quantitative estimate of drug-likeness (QED) is 0.803. The zero-order chi connectivity index (χ0) is 16.8. The van der Waals surface area contributed by atoms with Crippen molar-refractivity contribution in [3.05, 3.63) is 53.3 Å². The second kappa shape index (κ2) is 5.46. The highest BCUT2D eigenvalue weighted by Gasteiger charge is 2.23. The normalized spacial score (nSPS) is 14.7. The van der Waals surface area contributed by atoms with E-state index in [1.54, 1.807) is 13.3 Å². The fourth-order valence-corrected chi connectivity index (χ4v) is 3.39. The summed E-state index contributed by atoms with van der Waals surface area (Å²) in [5.41, 5.74) is 5.98. The van der Waals surface area contributed by atoms with Gasteiger partial charge in [0.25, 0.3) is 0 Å². The van der Waals surface area contributed by atoms with Crippen LogP contribution in [0.2, 0.25) is 0 Å². The molecule has 0 fully saturated rings. The van der Waals surface area contributed by atoms with E-state index in [0.717, 1.165) is 39.2 Å². The fraction of sp³-hybridized carbons (Fsp3) is 0.263. The Hall–Kier alpha value is -2.66. The van der Waals surface area contributed by atoms with E-state index >= 15 is 0 Å². The summed E-state index contributed by atoms with van der Waals surface area (Å²) in [4.78, 5) is 16.3. The van der Waals surface area contributed by atoms with E-state index in [2.05, 4.69) is 39.1 Å². The summed E-state index contributed by atoms with van der Waals surface area (Å²) >= 11 is 0. The standard InChI is InChI=1S/C19H19N3O2/c1-11-7-15(8-14-10-17(23)21-18(11)14)22-16(12(2)24-3)9-13-5-4-6-20-19(13)22/h4-9,12H,10H2,1-3H3,(H,21,23)/t12-/m1/s1. The van der Waals surface area contributed by atoms with E-state index in [0.29, 0.717) is 6.42 Å². The average molecular weight is 321 g/mol. The highest BCUT2D eigenvalue weighted by molar-refractivity contribution is 6.00. The summed E-state index contributed by atoms with van der Waals surface area (Å²) in [6, 6.07) is 10.3. The average Bonchev–Trinajstić information content (AvgIpc) is 3.14. The van der Waals surface area contributed by atoms with Crippen molar-refractivity contribution in [2.75, 3.05) is 12.4 Å². The molecule has 1 atom stereocenters. The van der Waals surface area contributed by atoms with E-state index in [-0.39, 0.29) is 12.0 Å². The van der Waals surface area contributed by atoms with Gasteiger partial charge in [0, 0.05) is 30.1 Å². The van der Waals surface area contributed by atoms with E-state index < -0.39 is 0 Å². The third kappa shape index (κ3) is 2.20. The first-order valence-electron chi connectivity index (χ1n) is 8.01. The van der Waals surface area contributed by atoms with Crippen molar-refractivity contribution in [1.82, 2.24) is 9.55 Å². The summed E-state index contributed by atoms with van der Waals surface area (Å²) in [5.74, 6) is 0.0474. The van der Waals surface area contributed by atoms with Gasteiger partial charge in [-0.15, -0.1) is 0 Å². The molecule has 0 bridgehead atoms. The first-order valence-corrected chi connectivity index (χ1v) is 8.01. The lowest BCUT2D eigenvalue weighted by Gasteiger charge is -2.16. The topological polar surface area (TPSA) is 56.2 Å². The maximum absolute atomic E-state index is 11.7. The number of methoxy groups -OCH3 is 1. The van der Waals surface area contributed by atoms with Crippen LogP contribution in [0.1, 0.15) is 29.8 Å². The maximum atomic E-state index is 11.7. The molecular formula is C19H19N3O2. The van der Waals surface area contributed by atoms with Crippen molar-refractivity contribution < 1.29 is 9.53 Å². The van der Waals surface area contributed by atoms with Crippen LogP contribution in [0, 0.1) is 6.92 Å². The first kappa shape index (κ1) is 14.9. The fourth-order valence-electron chi connectivity index (χ4n) is 3.39. The summed E-state index contributed by atoms with van der Waals surface area (Å²) in [5, 5.41) is 4.01. The van der Waals surface area contributed by atoms with E-state index in [9.17, 15) is 4.79 Å². The number of benzene rings is 1. The van der Waals surface area contributed by atoms with Crippen molar-refractivity contribution in [1.29, 1.82) is 0 Å². The highest BCUT2D eigenvalue weighted by atomic mass is 16.5. The molecule has 1 N–H and O–H groups in total. The molecule has 5 nitrogen and oxygen atoms in total. The van der Waals surface area contributed by atoms with E-state index in [4.69, 9.17) is 4.74 Å². The van der Waals surface area contributed by atoms with Crippen molar-refractivity contribution in [2.24, 2.45) is 0 Å². The Bertz CT molecular complexity index is 959. The number of fused-ring (bicyclic) bond motifs is 2. The molecule has 1 aromatic carbocycles. The summed E-state index contributed by atoms with van der Waals surface area (Å²) < 4.78 is 7.68. The van der Waals surface area contributed by atoms with Gasteiger partial charge in [-0.25, -0.2) is 4.98 Å². The van der Waals surface area contributed by atoms with Crippen LogP contribution in [0.15, 0.2) is 36.5 Å². The molecule has 4 rings (SSSR count). The SMILES string of the molecule is CO[C@H](C)c1cc2cccnc2n1-c1cc(C)c2c(c1)CC(=O)N2. The lowest BCUT2D eigenvalue weighted by molar-refractivity contribution is -0.115. The van der Waals surface area contributed by atoms with Crippen LogP contribution < -0.4 is 5.32 Å². The molecule has 24 heavy (non-hydrogen) atoms. The van der Waals surface area contributed by atoms with Crippen LogP contribution in [0.25, 0.3) is 16.7 Å². The van der Waals surface area contributed by atoms with Crippen molar-refractivity contribution in [3.63, 3.8) is 0 Å². The van der Waals surface area contributed by atoms with Crippen molar-refractivity contribution in [2.45, 2.75) is 26.4 Å². The maximum Gasteiger partial charge on any atom is 0.228 e. The third-order valence-electron chi connectivity index (χ3n) is 4.64. The van der Waals surface area contributed by atoms with Gasteiger partial charge in [0.1, 0.15) is 5.65 Å². The predicted octanol–water partition coefficient (Wildman–Crippen LogP) is 3.54. The van der Waals surface area contributed by atoms with Crippen LogP contribution >= 0.6 is 0 Å². The Morgan fingerprint density at radius 2 is 2.17 bits per heavy atom. The smallest absolute Gasteiger partial charge is 0.228 e. The van der Waals surface area contributed by atoms with Crippen LogP contribution in [0.4, 0.5) is 5.69 Å². The van der Waals surface area contributed by atoms with E-state index in [1.807, 2.05) is 19.9 Å². The monoisotopic (exact) mass is 321 g/mol. The summed E-state index contributed by atoms with van der Waals surface area (Å²) in [6.07, 6.45) is 2.16. The number of anilines is 1. The first-order chi connectivity index (χ1) is 11.6. The van der Waals surface area contributed by atoms with Gasteiger partial charge in [0.15, 0.2) is 0 Å². The van der Waals surface area contributed by atoms with Crippen LogP contribution in [0.3, 0.4) is 0 Å². The molecule has 2 aromatic heterocycles. The lowest BCUT2D eigenvalue weighted by atomic mass is 10.1. The number of rotatable bonds is 3. The summed E-state index contributed by atoms with van der Waals surface area (Å²) in [6.45, 7) is 4.04. The molecule has 5 heteroatoms. The van der Waals surface area contributed by atoms with Gasteiger partial charge in [-0.3, -0.25) is 9.36 Å². The number of carbonyl (C=O) groups is 1. The number of hydrogen-bond donors (Lipinski definition) is 1. The summed E-state index contributed by atoms with van der Waals surface area (Å²) in [7, 11) is 1.70.